The van der Waals surface area contributed by atoms with Crippen molar-refractivity contribution in [1.29, 1.82) is 0 Å². The van der Waals surface area contributed by atoms with Crippen molar-refractivity contribution < 1.29 is 16.8 Å². The van der Waals surface area contributed by atoms with Crippen LogP contribution in [0.1, 0.15) is 44.9 Å². The largest absolute Gasteiger partial charge is 0.382 e. The first-order valence-corrected chi connectivity index (χ1v) is 14.7. The highest BCUT2D eigenvalue weighted by molar-refractivity contribution is 7.90. The van der Waals surface area contributed by atoms with Crippen LogP contribution >= 0.6 is 0 Å². The Balaban J connectivity index is 1.46. The van der Waals surface area contributed by atoms with E-state index in [-0.39, 0.29) is 21.5 Å². The molecule has 2 aliphatic rings. The van der Waals surface area contributed by atoms with E-state index in [0.717, 1.165) is 25.5 Å². The van der Waals surface area contributed by atoms with Gasteiger partial charge < -0.3 is 9.88 Å². The number of nitrogens with two attached hydrogens (primary N) is 1. The molecule has 1 aliphatic heterocycles. The molecule has 1 saturated heterocycles. The lowest BCUT2D eigenvalue weighted by molar-refractivity contribution is 0.116. The van der Waals surface area contributed by atoms with Crippen molar-refractivity contribution in [3.63, 3.8) is 0 Å². The zero-order valence-corrected chi connectivity index (χ0v) is 20.8. The molecular formula is C21H33N7O4S2. The number of primary sulfonamides is 1. The summed E-state index contributed by atoms with van der Waals surface area (Å²) in [4.78, 5) is 2.04. The van der Waals surface area contributed by atoms with Crippen LogP contribution in [0.15, 0.2) is 40.6 Å². The molecule has 2 aromatic rings. The monoisotopic (exact) mass is 511 g/mol. The van der Waals surface area contributed by atoms with E-state index in [4.69, 9.17) is 5.14 Å². The van der Waals surface area contributed by atoms with E-state index in [1.165, 1.54) is 44.2 Å². The predicted molar refractivity (Wildman–Crippen MR) is 128 cm³/mol. The number of benzene rings is 1. The van der Waals surface area contributed by atoms with Crippen LogP contribution in [0.4, 0.5) is 5.69 Å². The molecule has 0 spiro atoms. The minimum Gasteiger partial charge on any atom is -0.382 e. The van der Waals surface area contributed by atoms with E-state index in [1.807, 2.05) is 0 Å². The van der Waals surface area contributed by atoms with Crippen molar-refractivity contribution in [2.45, 2.75) is 73.4 Å². The molecular weight excluding hydrogens is 478 g/mol. The molecule has 1 unspecified atom stereocenters. The molecule has 34 heavy (non-hydrogen) atoms. The van der Waals surface area contributed by atoms with Gasteiger partial charge in [-0.05, 0) is 50.4 Å². The van der Waals surface area contributed by atoms with Crippen LogP contribution in [0, 0.1) is 0 Å². The SMILES string of the molecule is NS(=O)(=O)c1cc(S(=O)(=O)NC2CCCN(C3CCCCC3)C2)ccc1NCCn1cnnc1. The fourth-order valence-corrected chi connectivity index (χ4v) is 6.98. The minimum absolute atomic E-state index is 0.115. The molecule has 0 amide bonds. The molecule has 0 radical (unpaired) electrons. The van der Waals surface area contributed by atoms with Gasteiger partial charge in [-0.3, -0.25) is 4.90 Å². The third-order valence-electron chi connectivity index (χ3n) is 6.59. The number of hydrogen-bond donors (Lipinski definition) is 3. The van der Waals surface area contributed by atoms with Crippen molar-refractivity contribution in [3.8, 4) is 0 Å². The second-order valence-electron chi connectivity index (χ2n) is 9.08. The third-order valence-corrected chi connectivity index (χ3v) is 9.06. The molecule has 11 nitrogen and oxygen atoms in total. The third kappa shape index (κ3) is 6.33. The summed E-state index contributed by atoms with van der Waals surface area (Å²) in [7, 11) is -8.07. The second-order valence-corrected chi connectivity index (χ2v) is 12.3. The van der Waals surface area contributed by atoms with Crippen molar-refractivity contribution >= 4 is 25.7 Å². The van der Waals surface area contributed by atoms with Gasteiger partial charge in [0.05, 0.1) is 10.6 Å². The molecule has 4 N–H and O–H groups in total. The van der Waals surface area contributed by atoms with E-state index < -0.39 is 20.0 Å². The maximum absolute atomic E-state index is 13.1. The Hall–Kier alpha value is -2.06. The Bertz CT molecular complexity index is 1160. The van der Waals surface area contributed by atoms with Crippen LogP contribution in [0.25, 0.3) is 0 Å². The van der Waals surface area contributed by atoms with Gasteiger partial charge in [0.15, 0.2) is 0 Å². The molecule has 4 rings (SSSR count). The first kappa shape index (κ1) is 25.0. The fourth-order valence-electron chi connectivity index (χ4n) is 4.88. The predicted octanol–water partition coefficient (Wildman–Crippen LogP) is 1.11. The lowest BCUT2D eigenvalue weighted by Crippen LogP contribution is -2.51. The normalized spacial score (nSPS) is 20.9. The highest BCUT2D eigenvalue weighted by Crippen LogP contribution is 2.27. The fraction of sp³-hybridized carbons (Fsp3) is 0.619. The van der Waals surface area contributed by atoms with Crippen LogP contribution in [0.5, 0.6) is 0 Å². The lowest BCUT2D eigenvalue weighted by atomic mass is 9.92. The number of rotatable bonds is 9. The first-order valence-electron chi connectivity index (χ1n) is 11.7. The van der Waals surface area contributed by atoms with E-state index in [0.29, 0.717) is 25.7 Å². The molecule has 1 aromatic carbocycles. The van der Waals surface area contributed by atoms with Gasteiger partial charge in [0.2, 0.25) is 20.0 Å². The number of anilines is 1. The number of nitrogens with zero attached hydrogens (tertiary/aromatic N) is 4. The molecule has 2 fully saturated rings. The van der Waals surface area contributed by atoms with E-state index in [9.17, 15) is 16.8 Å². The van der Waals surface area contributed by atoms with Crippen LogP contribution in [-0.4, -0.2) is 68.2 Å². The van der Waals surface area contributed by atoms with E-state index in [2.05, 4.69) is 25.1 Å². The summed E-state index contributed by atoms with van der Waals surface area (Å²) >= 11 is 0. The molecule has 1 aliphatic carbocycles. The standard InChI is InChI=1S/C21H33N7O4S2/c22-33(29,30)21-13-19(8-9-20(21)23-10-12-27-15-24-25-16-27)34(31,32)26-17-5-4-11-28(14-17)18-6-2-1-3-7-18/h8-9,13,15-18,23,26H,1-7,10-12,14H2,(H2,22,29,30). The van der Waals surface area contributed by atoms with E-state index in [1.54, 1.807) is 17.2 Å². The van der Waals surface area contributed by atoms with Gasteiger partial charge >= 0.3 is 0 Å². The molecule has 1 saturated carbocycles. The summed E-state index contributed by atoms with van der Waals surface area (Å²) in [5.74, 6) is 0. The average Bonchev–Trinajstić information content (AvgIpc) is 3.32. The molecule has 0 bridgehead atoms. The summed E-state index contributed by atoms with van der Waals surface area (Å²) in [5, 5.41) is 15.8. The van der Waals surface area contributed by atoms with Gasteiger partial charge in [-0.2, -0.15) is 0 Å². The molecule has 188 valence electrons. The first-order chi connectivity index (χ1) is 16.2. The van der Waals surface area contributed by atoms with Gasteiger partial charge in [-0.15, -0.1) is 10.2 Å². The highest BCUT2D eigenvalue weighted by Gasteiger charge is 2.30. The zero-order chi connectivity index (χ0) is 24.2. The Labute approximate surface area is 201 Å². The van der Waals surface area contributed by atoms with Gasteiger partial charge in [-0.25, -0.2) is 26.7 Å². The number of sulfonamides is 2. The number of nitrogens with one attached hydrogen (secondary N) is 2. The van der Waals surface area contributed by atoms with Crippen LogP contribution < -0.4 is 15.2 Å². The topological polar surface area (TPSA) is 152 Å². The molecule has 1 aromatic heterocycles. The lowest BCUT2D eigenvalue weighted by Gasteiger charge is -2.40. The van der Waals surface area contributed by atoms with Gasteiger partial charge in [0.1, 0.15) is 17.6 Å². The Morgan fingerprint density at radius 3 is 2.44 bits per heavy atom. The van der Waals surface area contributed by atoms with Crippen molar-refractivity contribution in [2.24, 2.45) is 5.14 Å². The number of hydrogen-bond acceptors (Lipinski definition) is 8. The van der Waals surface area contributed by atoms with Gasteiger partial charge in [0.25, 0.3) is 0 Å². The minimum atomic E-state index is -4.15. The summed E-state index contributed by atoms with van der Waals surface area (Å²) < 4.78 is 55.3. The molecule has 1 atom stereocenters. The Morgan fingerprint density at radius 2 is 1.74 bits per heavy atom. The van der Waals surface area contributed by atoms with Crippen molar-refractivity contribution in [2.75, 3.05) is 25.0 Å². The summed E-state index contributed by atoms with van der Waals surface area (Å²) in [6.45, 7) is 2.55. The number of aromatic nitrogens is 3. The quantitative estimate of drug-likeness (QED) is 0.453. The Kier molecular flexibility index (Phi) is 7.87. The number of piperidine rings is 1. The van der Waals surface area contributed by atoms with Crippen molar-refractivity contribution in [3.05, 3.63) is 30.9 Å². The zero-order valence-electron chi connectivity index (χ0n) is 19.1. The maximum atomic E-state index is 13.1. The smallest absolute Gasteiger partial charge is 0.240 e. The van der Waals surface area contributed by atoms with Gasteiger partial charge in [-0.1, -0.05) is 19.3 Å². The van der Waals surface area contributed by atoms with Crippen LogP contribution in [0.3, 0.4) is 0 Å². The van der Waals surface area contributed by atoms with Crippen molar-refractivity contribution in [1.82, 2.24) is 24.4 Å². The molecule has 13 heteroatoms. The summed E-state index contributed by atoms with van der Waals surface area (Å²) in [5.41, 5.74) is 0.246. The summed E-state index contributed by atoms with van der Waals surface area (Å²) in [6, 6.07) is 4.29. The van der Waals surface area contributed by atoms with Gasteiger partial charge in [0, 0.05) is 31.7 Å². The maximum Gasteiger partial charge on any atom is 0.240 e. The second kappa shape index (κ2) is 10.7. The Morgan fingerprint density at radius 1 is 1.00 bits per heavy atom. The average molecular weight is 512 g/mol. The molecule has 2 heterocycles. The summed E-state index contributed by atoms with van der Waals surface area (Å²) in [6.07, 6.45) is 10.9. The number of likely N-dealkylation sites (tertiary alicyclic amines) is 1. The van der Waals surface area contributed by atoms with Crippen LogP contribution in [0.2, 0.25) is 0 Å². The van der Waals surface area contributed by atoms with E-state index >= 15 is 0 Å². The highest BCUT2D eigenvalue weighted by atomic mass is 32.2. The van der Waals surface area contributed by atoms with Crippen LogP contribution in [-0.2, 0) is 26.6 Å².